The molecule has 0 N–H and O–H groups in total. The summed E-state index contributed by atoms with van der Waals surface area (Å²) in [5.41, 5.74) is 0.669. The van der Waals surface area contributed by atoms with Crippen LogP contribution < -0.4 is 0 Å². The maximum absolute atomic E-state index is 11.4. The SMILES string of the molecule is O=S1(=O)C(Cl)=Cc2ccccc21. The summed E-state index contributed by atoms with van der Waals surface area (Å²) in [5, 5.41) is 0. The lowest BCUT2D eigenvalue weighted by atomic mass is 10.2. The fraction of sp³-hybridized carbons (Fsp3) is 0. The predicted molar refractivity (Wildman–Crippen MR) is 47.5 cm³/mol. The number of hydrogen-bond acceptors (Lipinski definition) is 2. The van der Waals surface area contributed by atoms with Crippen LogP contribution >= 0.6 is 11.6 Å². The molecule has 12 heavy (non-hydrogen) atoms. The van der Waals surface area contributed by atoms with Gasteiger partial charge < -0.3 is 0 Å². The number of fused-ring (bicyclic) bond motifs is 1. The van der Waals surface area contributed by atoms with E-state index in [4.69, 9.17) is 11.6 Å². The van der Waals surface area contributed by atoms with Gasteiger partial charge in [0.2, 0.25) is 9.84 Å². The molecular formula is C8H5ClO2S. The summed E-state index contributed by atoms with van der Waals surface area (Å²) in [7, 11) is -3.36. The van der Waals surface area contributed by atoms with Crippen LogP contribution in [-0.2, 0) is 9.84 Å². The number of hydrogen-bond donors (Lipinski definition) is 0. The summed E-state index contributed by atoms with van der Waals surface area (Å²) in [4.78, 5) is 0.301. The molecule has 1 aliphatic rings. The average Bonchev–Trinajstić information content (AvgIpc) is 2.25. The quantitative estimate of drug-likeness (QED) is 0.642. The molecule has 2 nitrogen and oxygen atoms in total. The van der Waals surface area contributed by atoms with Crippen LogP contribution in [0.1, 0.15) is 5.56 Å². The van der Waals surface area contributed by atoms with E-state index < -0.39 is 9.84 Å². The van der Waals surface area contributed by atoms with Gasteiger partial charge in [0.25, 0.3) is 0 Å². The predicted octanol–water partition coefficient (Wildman–Crippen LogP) is 2.01. The molecule has 0 bridgehead atoms. The highest BCUT2D eigenvalue weighted by Gasteiger charge is 2.27. The highest BCUT2D eigenvalue weighted by Crippen LogP contribution is 2.34. The first kappa shape index (κ1) is 7.83. The Bertz CT molecular complexity index is 460. The Kier molecular flexibility index (Phi) is 1.53. The van der Waals surface area contributed by atoms with Crippen LogP contribution in [0.5, 0.6) is 0 Å². The Hall–Kier alpha value is -0.800. The van der Waals surface area contributed by atoms with E-state index in [1.54, 1.807) is 24.3 Å². The average molecular weight is 201 g/mol. The van der Waals surface area contributed by atoms with Gasteiger partial charge in [0.15, 0.2) is 0 Å². The lowest BCUT2D eigenvalue weighted by Gasteiger charge is -1.95. The number of halogens is 1. The Morgan fingerprint density at radius 1 is 1.17 bits per heavy atom. The zero-order chi connectivity index (χ0) is 8.77. The van der Waals surface area contributed by atoms with E-state index in [-0.39, 0.29) is 4.36 Å². The maximum Gasteiger partial charge on any atom is 0.217 e. The van der Waals surface area contributed by atoms with Gasteiger partial charge in [-0.05, 0) is 17.7 Å². The van der Waals surface area contributed by atoms with Crippen molar-refractivity contribution in [3.63, 3.8) is 0 Å². The fourth-order valence-corrected chi connectivity index (χ4v) is 2.70. The van der Waals surface area contributed by atoms with Gasteiger partial charge in [-0.15, -0.1) is 0 Å². The summed E-state index contributed by atoms with van der Waals surface area (Å²) >= 11 is 5.54. The van der Waals surface area contributed by atoms with Crippen molar-refractivity contribution in [3.8, 4) is 0 Å². The van der Waals surface area contributed by atoms with Crippen molar-refractivity contribution in [2.45, 2.75) is 4.90 Å². The molecular weight excluding hydrogens is 196 g/mol. The molecule has 0 saturated carbocycles. The van der Waals surface area contributed by atoms with E-state index >= 15 is 0 Å². The highest BCUT2D eigenvalue weighted by molar-refractivity contribution is 7.97. The molecule has 1 aromatic rings. The molecule has 0 fully saturated rings. The van der Waals surface area contributed by atoms with E-state index in [1.165, 1.54) is 6.08 Å². The van der Waals surface area contributed by atoms with E-state index in [1.807, 2.05) is 0 Å². The zero-order valence-corrected chi connectivity index (χ0v) is 7.56. The molecule has 0 aromatic heterocycles. The molecule has 0 aliphatic carbocycles. The third-order valence-electron chi connectivity index (χ3n) is 1.73. The van der Waals surface area contributed by atoms with E-state index in [9.17, 15) is 8.42 Å². The van der Waals surface area contributed by atoms with E-state index in [0.717, 1.165) is 0 Å². The van der Waals surface area contributed by atoms with Crippen LogP contribution in [0.3, 0.4) is 0 Å². The molecule has 0 amide bonds. The third kappa shape index (κ3) is 0.901. The summed E-state index contributed by atoms with van der Waals surface area (Å²) in [6.07, 6.45) is 1.46. The highest BCUT2D eigenvalue weighted by atomic mass is 35.5. The first-order valence-electron chi connectivity index (χ1n) is 3.34. The summed E-state index contributed by atoms with van der Waals surface area (Å²) < 4.78 is 22.7. The Morgan fingerprint density at radius 2 is 1.83 bits per heavy atom. The van der Waals surface area contributed by atoms with Crippen LogP contribution in [0, 0.1) is 0 Å². The summed E-state index contributed by atoms with van der Waals surface area (Å²) in [5.74, 6) is 0. The topological polar surface area (TPSA) is 34.1 Å². The van der Waals surface area contributed by atoms with E-state index in [2.05, 4.69) is 0 Å². The second-order valence-corrected chi connectivity index (χ2v) is 5.01. The molecule has 0 atom stereocenters. The Morgan fingerprint density at radius 3 is 2.50 bits per heavy atom. The first-order chi connectivity index (χ1) is 5.62. The molecule has 0 spiro atoms. The van der Waals surface area contributed by atoms with Crippen molar-refractivity contribution in [2.24, 2.45) is 0 Å². The molecule has 4 heteroatoms. The monoisotopic (exact) mass is 200 g/mol. The lowest BCUT2D eigenvalue weighted by molar-refractivity contribution is 0.605. The normalized spacial score (nSPS) is 18.6. The lowest BCUT2D eigenvalue weighted by Crippen LogP contribution is -1.95. The summed E-state index contributed by atoms with van der Waals surface area (Å²) in [6, 6.07) is 6.73. The van der Waals surface area contributed by atoms with Crippen LogP contribution in [0.25, 0.3) is 6.08 Å². The van der Waals surface area contributed by atoms with Crippen molar-refractivity contribution in [3.05, 3.63) is 34.2 Å². The molecule has 1 aromatic carbocycles. The Balaban J connectivity index is 2.83. The third-order valence-corrected chi connectivity index (χ3v) is 4.03. The molecule has 62 valence electrons. The zero-order valence-electron chi connectivity index (χ0n) is 5.99. The van der Waals surface area contributed by atoms with Gasteiger partial charge in [-0.1, -0.05) is 29.8 Å². The minimum Gasteiger partial charge on any atom is -0.218 e. The summed E-state index contributed by atoms with van der Waals surface area (Å²) in [6.45, 7) is 0. The molecule has 2 rings (SSSR count). The minimum atomic E-state index is -3.36. The van der Waals surface area contributed by atoms with Crippen molar-refractivity contribution in [1.29, 1.82) is 0 Å². The van der Waals surface area contributed by atoms with Gasteiger partial charge in [0.05, 0.1) is 4.90 Å². The van der Waals surface area contributed by atoms with Crippen LogP contribution in [-0.4, -0.2) is 8.42 Å². The second-order valence-electron chi connectivity index (χ2n) is 2.49. The second kappa shape index (κ2) is 2.34. The van der Waals surface area contributed by atoms with Gasteiger partial charge in [-0.2, -0.15) is 0 Å². The van der Waals surface area contributed by atoms with Gasteiger partial charge in [0, 0.05) is 0 Å². The van der Waals surface area contributed by atoms with Gasteiger partial charge in [0.1, 0.15) is 4.36 Å². The van der Waals surface area contributed by atoms with Crippen LogP contribution in [0.2, 0.25) is 0 Å². The molecule has 0 radical (unpaired) electrons. The van der Waals surface area contributed by atoms with Crippen molar-refractivity contribution < 1.29 is 8.42 Å². The van der Waals surface area contributed by atoms with Crippen molar-refractivity contribution >= 4 is 27.5 Å². The molecule has 1 heterocycles. The maximum atomic E-state index is 11.4. The first-order valence-corrected chi connectivity index (χ1v) is 5.20. The number of rotatable bonds is 0. The number of sulfone groups is 1. The molecule has 1 aliphatic heterocycles. The van der Waals surface area contributed by atoms with Crippen molar-refractivity contribution in [1.82, 2.24) is 0 Å². The fourth-order valence-electron chi connectivity index (χ4n) is 1.15. The standard InChI is InChI=1S/C8H5ClO2S/c9-8-5-6-3-1-2-4-7(6)12(8,10)11/h1-5H. The molecule has 0 unspecified atom stereocenters. The van der Waals surface area contributed by atoms with Gasteiger partial charge >= 0.3 is 0 Å². The smallest absolute Gasteiger partial charge is 0.217 e. The minimum absolute atomic E-state index is 0.0938. The number of benzene rings is 1. The largest absolute Gasteiger partial charge is 0.218 e. The van der Waals surface area contributed by atoms with Gasteiger partial charge in [-0.3, -0.25) is 0 Å². The van der Waals surface area contributed by atoms with Crippen LogP contribution in [0.15, 0.2) is 33.5 Å². The Labute approximate surface area is 75.4 Å². The van der Waals surface area contributed by atoms with Crippen LogP contribution in [0.4, 0.5) is 0 Å². The van der Waals surface area contributed by atoms with Gasteiger partial charge in [-0.25, -0.2) is 8.42 Å². The molecule has 0 saturated heterocycles. The van der Waals surface area contributed by atoms with E-state index in [0.29, 0.717) is 10.5 Å². The van der Waals surface area contributed by atoms with Crippen molar-refractivity contribution in [2.75, 3.05) is 0 Å².